The summed E-state index contributed by atoms with van der Waals surface area (Å²) < 4.78 is 38.6. The van der Waals surface area contributed by atoms with E-state index in [0.717, 1.165) is 56.9 Å². The molecule has 8 heteroatoms. The van der Waals surface area contributed by atoms with E-state index in [0.29, 0.717) is 0 Å². The van der Waals surface area contributed by atoms with Crippen molar-refractivity contribution in [3.8, 4) is 6.07 Å². The highest BCUT2D eigenvalue weighted by atomic mass is 32.2. The number of hydrogen-bond acceptors (Lipinski definition) is 4. The van der Waals surface area contributed by atoms with Crippen LogP contribution >= 0.6 is 0 Å². The van der Waals surface area contributed by atoms with Crippen LogP contribution in [0.1, 0.15) is 48.9 Å². The highest BCUT2D eigenvalue weighted by Gasteiger charge is 2.49. The Kier molecular flexibility index (Phi) is 4.23. The minimum Gasteiger partial charge on any atom is -0.347 e. The van der Waals surface area contributed by atoms with Gasteiger partial charge in [-0.15, -0.1) is 0 Å². The lowest BCUT2D eigenvalue weighted by molar-refractivity contribution is 0.0522. The van der Waals surface area contributed by atoms with Gasteiger partial charge in [0.2, 0.25) is 10.0 Å². The third-order valence-electron chi connectivity index (χ3n) is 5.38. The first-order valence-corrected chi connectivity index (χ1v) is 10.1. The number of fused-ring (bicyclic) bond motifs is 3. The molecule has 3 aliphatic carbocycles. The third kappa shape index (κ3) is 3.61. The van der Waals surface area contributed by atoms with Crippen LogP contribution in [0.5, 0.6) is 0 Å². The smallest absolute Gasteiger partial charge is 0.253 e. The van der Waals surface area contributed by atoms with E-state index in [9.17, 15) is 22.9 Å². The number of amides is 1. The third-order valence-corrected chi connectivity index (χ3v) is 5.97. The van der Waals surface area contributed by atoms with E-state index in [1.165, 1.54) is 6.07 Å². The van der Waals surface area contributed by atoms with E-state index >= 15 is 0 Å². The van der Waals surface area contributed by atoms with Crippen LogP contribution in [-0.2, 0) is 10.0 Å². The van der Waals surface area contributed by atoms with Crippen LogP contribution in [0, 0.1) is 22.6 Å². The van der Waals surface area contributed by atoms with Gasteiger partial charge in [-0.3, -0.25) is 9.52 Å². The first-order valence-electron chi connectivity index (χ1n) is 8.17. The van der Waals surface area contributed by atoms with Gasteiger partial charge in [0.05, 0.1) is 29.0 Å². The molecule has 0 saturated heterocycles. The fraction of sp³-hybridized carbons (Fsp3) is 0.529. The van der Waals surface area contributed by atoms with Crippen molar-refractivity contribution < 1.29 is 17.6 Å². The van der Waals surface area contributed by atoms with Gasteiger partial charge in [-0.2, -0.15) is 5.26 Å². The molecule has 3 aliphatic rings. The number of anilines is 1. The van der Waals surface area contributed by atoms with Crippen molar-refractivity contribution in [2.45, 2.75) is 44.1 Å². The van der Waals surface area contributed by atoms with Gasteiger partial charge in [0.25, 0.3) is 5.91 Å². The van der Waals surface area contributed by atoms with Crippen molar-refractivity contribution >= 4 is 21.6 Å². The molecule has 134 valence electrons. The van der Waals surface area contributed by atoms with Crippen molar-refractivity contribution in [3.05, 3.63) is 29.6 Å². The highest BCUT2D eigenvalue weighted by Crippen LogP contribution is 2.52. The maximum atomic E-state index is 13.5. The standard InChI is InChI=1S/C17H20FN3O3S/c1-25(23,24)21-14-10-12(18)2-3-13(14)15(22)20-17-7-4-16(11-19,5-8-17)6-9-17/h2-3,10,21H,4-9H2,1H3,(H,20,22). The first-order chi connectivity index (χ1) is 11.7. The summed E-state index contributed by atoms with van der Waals surface area (Å²) >= 11 is 0. The maximum absolute atomic E-state index is 13.5. The quantitative estimate of drug-likeness (QED) is 0.856. The lowest BCUT2D eigenvalue weighted by Gasteiger charge is -2.50. The number of sulfonamides is 1. The predicted molar refractivity (Wildman–Crippen MR) is 90.8 cm³/mol. The lowest BCUT2D eigenvalue weighted by atomic mass is 9.58. The molecular weight excluding hydrogens is 345 g/mol. The second-order valence-corrected chi connectivity index (χ2v) is 8.94. The Hall–Kier alpha value is -2.14. The topological polar surface area (TPSA) is 99.1 Å². The van der Waals surface area contributed by atoms with Crippen molar-refractivity contribution in [3.63, 3.8) is 0 Å². The SMILES string of the molecule is CS(=O)(=O)Nc1cc(F)ccc1C(=O)NC12CCC(C#N)(CC1)CC2. The average molecular weight is 365 g/mol. The van der Waals surface area contributed by atoms with Crippen molar-refractivity contribution in [2.24, 2.45) is 5.41 Å². The number of carbonyl (C=O) groups is 1. The summed E-state index contributed by atoms with van der Waals surface area (Å²) in [5.41, 5.74) is -0.615. The average Bonchev–Trinajstić information content (AvgIpc) is 2.55. The second kappa shape index (κ2) is 5.99. The largest absolute Gasteiger partial charge is 0.347 e. The summed E-state index contributed by atoms with van der Waals surface area (Å²) in [5, 5.41) is 12.4. The number of rotatable bonds is 4. The summed E-state index contributed by atoms with van der Waals surface area (Å²) in [6.45, 7) is 0. The molecule has 1 aromatic carbocycles. The summed E-state index contributed by atoms with van der Waals surface area (Å²) in [5.74, 6) is -1.06. The first kappa shape index (κ1) is 17.7. The summed E-state index contributed by atoms with van der Waals surface area (Å²) in [7, 11) is -3.64. The van der Waals surface area contributed by atoms with Gasteiger partial charge in [0.1, 0.15) is 5.82 Å². The maximum Gasteiger partial charge on any atom is 0.253 e. The van der Waals surface area contributed by atoms with Crippen LogP contribution in [0.15, 0.2) is 18.2 Å². The number of hydrogen-bond donors (Lipinski definition) is 2. The minimum atomic E-state index is -3.64. The Balaban J connectivity index is 1.82. The molecule has 6 nitrogen and oxygen atoms in total. The summed E-state index contributed by atoms with van der Waals surface area (Å²) in [4.78, 5) is 12.7. The van der Waals surface area contributed by atoms with Crippen LogP contribution < -0.4 is 10.0 Å². The zero-order chi connectivity index (χ0) is 18.3. The Bertz CT molecular complexity index is 836. The van der Waals surface area contributed by atoms with Gasteiger partial charge < -0.3 is 5.32 Å². The molecule has 2 N–H and O–H groups in total. The predicted octanol–water partition coefficient (Wildman–Crippen LogP) is 2.54. The minimum absolute atomic E-state index is 0.0746. The Labute approximate surface area is 146 Å². The molecule has 0 aromatic heterocycles. The van der Waals surface area contributed by atoms with Gasteiger partial charge in [0, 0.05) is 5.54 Å². The van der Waals surface area contributed by atoms with Gasteiger partial charge >= 0.3 is 0 Å². The number of nitriles is 1. The van der Waals surface area contributed by atoms with E-state index in [-0.39, 0.29) is 22.2 Å². The van der Waals surface area contributed by atoms with Crippen LogP contribution in [0.25, 0.3) is 0 Å². The summed E-state index contributed by atoms with van der Waals surface area (Å²) in [6.07, 6.45) is 5.37. The zero-order valence-corrected chi connectivity index (χ0v) is 14.7. The summed E-state index contributed by atoms with van der Waals surface area (Å²) in [6, 6.07) is 5.82. The molecule has 0 heterocycles. The molecular formula is C17H20FN3O3S. The monoisotopic (exact) mass is 365 g/mol. The van der Waals surface area contributed by atoms with E-state index in [1.807, 2.05) is 0 Å². The van der Waals surface area contributed by atoms with E-state index in [1.54, 1.807) is 0 Å². The Morgan fingerprint density at radius 3 is 2.32 bits per heavy atom. The molecule has 2 bridgehead atoms. The number of halogens is 1. The highest BCUT2D eigenvalue weighted by molar-refractivity contribution is 7.92. The molecule has 3 fully saturated rings. The Morgan fingerprint density at radius 2 is 1.80 bits per heavy atom. The van der Waals surface area contributed by atoms with E-state index < -0.39 is 21.7 Å². The molecule has 1 aromatic rings. The Morgan fingerprint density at radius 1 is 1.20 bits per heavy atom. The van der Waals surface area contributed by atoms with E-state index in [4.69, 9.17) is 0 Å². The van der Waals surface area contributed by atoms with Crippen LogP contribution in [0.3, 0.4) is 0 Å². The fourth-order valence-electron chi connectivity index (χ4n) is 3.85. The molecule has 0 radical (unpaired) electrons. The molecule has 0 unspecified atom stereocenters. The van der Waals surface area contributed by atoms with Crippen molar-refractivity contribution in [1.82, 2.24) is 5.32 Å². The van der Waals surface area contributed by atoms with Crippen LogP contribution in [0.4, 0.5) is 10.1 Å². The van der Waals surface area contributed by atoms with Gasteiger partial charge in [-0.1, -0.05) is 0 Å². The number of benzene rings is 1. The fourth-order valence-corrected chi connectivity index (χ4v) is 4.42. The van der Waals surface area contributed by atoms with Gasteiger partial charge in [-0.25, -0.2) is 12.8 Å². The zero-order valence-electron chi connectivity index (χ0n) is 13.9. The van der Waals surface area contributed by atoms with Gasteiger partial charge in [-0.05, 0) is 56.7 Å². The van der Waals surface area contributed by atoms with Gasteiger partial charge in [0.15, 0.2) is 0 Å². The lowest BCUT2D eigenvalue weighted by Crippen LogP contribution is -2.56. The molecule has 4 rings (SSSR count). The van der Waals surface area contributed by atoms with Crippen LogP contribution in [0.2, 0.25) is 0 Å². The second-order valence-electron chi connectivity index (χ2n) is 7.19. The molecule has 0 atom stereocenters. The number of nitrogens with zero attached hydrogens (tertiary/aromatic N) is 1. The number of carbonyl (C=O) groups excluding carboxylic acids is 1. The molecule has 1 amide bonds. The molecule has 3 saturated carbocycles. The van der Waals surface area contributed by atoms with E-state index in [2.05, 4.69) is 16.1 Å². The molecule has 0 aliphatic heterocycles. The molecule has 0 spiro atoms. The van der Waals surface area contributed by atoms with Crippen molar-refractivity contribution in [1.29, 1.82) is 5.26 Å². The van der Waals surface area contributed by atoms with Crippen LogP contribution in [-0.4, -0.2) is 26.1 Å². The van der Waals surface area contributed by atoms with Crippen molar-refractivity contribution in [2.75, 3.05) is 11.0 Å². The normalized spacial score (nSPS) is 28.2. The molecule has 25 heavy (non-hydrogen) atoms. The number of nitrogens with one attached hydrogen (secondary N) is 2.